The van der Waals surface area contributed by atoms with Gasteiger partial charge in [0.2, 0.25) is 0 Å². The van der Waals surface area contributed by atoms with Crippen LogP contribution in [0.2, 0.25) is 0 Å². The number of rotatable bonds is 4. The molecule has 1 N–H and O–H groups in total. The normalized spacial score (nSPS) is 10.2. The molecule has 0 saturated heterocycles. The van der Waals surface area contributed by atoms with Crippen LogP contribution in [0.5, 0.6) is 0 Å². The number of hydrogen-bond acceptors (Lipinski definition) is 2. The van der Waals surface area contributed by atoms with Crippen molar-refractivity contribution in [3.8, 4) is 0 Å². The van der Waals surface area contributed by atoms with E-state index in [0.29, 0.717) is 18.0 Å². The fourth-order valence-electron chi connectivity index (χ4n) is 1.76. The average molecular weight is 275 g/mol. The van der Waals surface area contributed by atoms with E-state index in [0.717, 1.165) is 16.7 Å². The predicted molar refractivity (Wildman–Crippen MR) is 76.1 cm³/mol. The van der Waals surface area contributed by atoms with Crippen molar-refractivity contribution in [1.82, 2.24) is 10.3 Å². The van der Waals surface area contributed by atoms with Gasteiger partial charge in [0.15, 0.2) is 0 Å². The Morgan fingerprint density at radius 1 is 1.37 bits per heavy atom. The standard InChI is InChI=1S/C15H15ClN2O/c1-11-5-6-17-9-14(11)10-18-15(19)13-4-2-3-12(7-13)8-16/h2-7,9H,8,10H2,1H3,(H,18,19). The molecule has 0 bridgehead atoms. The molecule has 0 spiro atoms. The van der Waals surface area contributed by atoms with E-state index in [1.54, 1.807) is 24.5 Å². The first kappa shape index (κ1) is 13.6. The fraction of sp³-hybridized carbons (Fsp3) is 0.200. The number of carbonyl (C=O) groups is 1. The van der Waals surface area contributed by atoms with Gasteiger partial charge in [0.25, 0.3) is 5.91 Å². The highest BCUT2D eigenvalue weighted by atomic mass is 35.5. The first-order valence-corrected chi connectivity index (χ1v) is 6.57. The van der Waals surface area contributed by atoms with Crippen molar-refractivity contribution in [2.75, 3.05) is 0 Å². The average Bonchev–Trinajstić information content (AvgIpc) is 2.46. The van der Waals surface area contributed by atoms with Crippen LogP contribution in [0.25, 0.3) is 0 Å². The van der Waals surface area contributed by atoms with Crippen LogP contribution in [0.4, 0.5) is 0 Å². The molecule has 2 aromatic rings. The first-order chi connectivity index (χ1) is 9.20. The summed E-state index contributed by atoms with van der Waals surface area (Å²) in [5, 5.41) is 2.89. The van der Waals surface area contributed by atoms with E-state index in [4.69, 9.17) is 11.6 Å². The third-order valence-electron chi connectivity index (χ3n) is 2.93. The molecule has 98 valence electrons. The molecule has 1 amide bonds. The van der Waals surface area contributed by atoms with Crippen LogP contribution in [-0.4, -0.2) is 10.9 Å². The summed E-state index contributed by atoms with van der Waals surface area (Å²) in [7, 11) is 0. The highest BCUT2D eigenvalue weighted by molar-refractivity contribution is 6.17. The molecule has 19 heavy (non-hydrogen) atoms. The zero-order valence-corrected chi connectivity index (χ0v) is 11.4. The Bertz CT molecular complexity index is 584. The topological polar surface area (TPSA) is 42.0 Å². The van der Waals surface area contributed by atoms with Crippen LogP contribution >= 0.6 is 11.6 Å². The van der Waals surface area contributed by atoms with Crippen LogP contribution in [0.1, 0.15) is 27.0 Å². The summed E-state index contributed by atoms with van der Waals surface area (Å²) in [4.78, 5) is 16.1. The molecule has 0 saturated carbocycles. The Kier molecular flexibility index (Phi) is 4.53. The Hall–Kier alpha value is -1.87. The molecule has 0 fully saturated rings. The number of nitrogens with one attached hydrogen (secondary N) is 1. The summed E-state index contributed by atoms with van der Waals surface area (Å²) in [5.41, 5.74) is 3.70. The fourth-order valence-corrected chi connectivity index (χ4v) is 1.92. The number of pyridine rings is 1. The molecule has 0 radical (unpaired) electrons. The van der Waals surface area contributed by atoms with Gasteiger partial charge in [-0.1, -0.05) is 12.1 Å². The van der Waals surface area contributed by atoms with E-state index >= 15 is 0 Å². The van der Waals surface area contributed by atoms with Gasteiger partial charge < -0.3 is 5.32 Å². The van der Waals surface area contributed by atoms with E-state index in [2.05, 4.69) is 10.3 Å². The smallest absolute Gasteiger partial charge is 0.251 e. The number of aromatic nitrogens is 1. The number of alkyl halides is 1. The maximum atomic E-state index is 12.0. The minimum Gasteiger partial charge on any atom is -0.348 e. The third-order valence-corrected chi connectivity index (χ3v) is 3.24. The zero-order valence-electron chi connectivity index (χ0n) is 10.7. The van der Waals surface area contributed by atoms with Crippen molar-refractivity contribution in [2.24, 2.45) is 0 Å². The number of carbonyl (C=O) groups excluding carboxylic acids is 1. The Balaban J connectivity index is 2.03. The number of hydrogen-bond donors (Lipinski definition) is 1. The van der Waals surface area contributed by atoms with Gasteiger partial charge in [0.05, 0.1) is 0 Å². The molecule has 0 aliphatic rings. The highest BCUT2D eigenvalue weighted by Gasteiger charge is 2.06. The van der Waals surface area contributed by atoms with Gasteiger partial charge in [0.1, 0.15) is 0 Å². The molecule has 1 heterocycles. The number of aryl methyl sites for hydroxylation is 1. The van der Waals surface area contributed by atoms with E-state index < -0.39 is 0 Å². The monoisotopic (exact) mass is 274 g/mol. The summed E-state index contributed by atoms with van der Waals surface area (Å²) < 4.78 is 0. The van der Waals surface area contributed by atoms with Crippen molar-refractivity contribution in [3.63, 3.8) is 0 Å². The molecule has 1 aromatic heterocycles. The van der Waals surface area contributed by atoms with Gasteiger partial charge in [-0.05, 0) is 41.8 Å². The van der Waals surface area contributed by atoms with Crippen molar-refractivity contribution in [3.05, 3.63) is 65.0 Å². The summed E-state index contributed by atoms with van der Waals surface area (Å²) in [6.07, 6.45) is 3.51. The molecule has 0 unspecified atom stereocenters. The van der Waals surface area contributed by atoms with Crippen LogP contribution in [-0.2, 0) is 12.4 Å². The van der Waals surface area contributed by atoms with Gasteiger partial charge in [-0.25, -0.2) is 0 Å². The second kappa shape index (κ2) is 6.34. The minimum atomic E-state index is -0.102. The summed E-state index contributed by atoms with van der Waals surface area (Å²) in [5.74, 6) is 0.304. The van der Waals surface area contributed by atoms with Crippen LogP contribution in [0, 0.1) is 6.92 Å². The van der Waals surface area contributed by atoms with E-state index in [1.165, 1.54) is 0 Å². The van der Waals surface area contributed by atoms with Crippen LogP contribution in [0.15, 0.2) is 42.7 Å². The Morgan fingerprint density at radius 2 is 2.21 bits per heavy atom. The lowest BCUT2D eigenvalue weighted by molar-refractivity contribution is 0.0951. The highest BCUT2D eigenvalue weighted by Crippen LogP contribution is 2.09. The lowest BCUT2D eigenvalue weighted by Crippen LogP contribution is -2.23. The largest absolute Gasteiger partial charge is 0.348 e. The Morgan fingerprint density at radius 3 is 2.95 bits per heavy atom. The molecule has 0 aliphatic carbocycles. The van der Waals surface area contributed by atoms with Crippen molar-refractivity contribution in [2.45, 2.75) is 19.3 Å². The molecule has 0 aliphatic heterocycles. The molecular formula is C15H15ClN2O. The second-order valence-electron chi connectivity index (χ2n) is 4.32. The summed E-state index contributed by atoms with van der Waals surface area (Å²) in [6, 6.07) is 9.24. The molecule has 3 nitrogen and oxygen atoms in total. The van der Waals surface area contributed by atoms with E-state index in [1.807, 2.05) is 25.1 Å². The van der Waals surface area contributed by atoms with Gasteiger partial charge >= 0.3 is 0 Å². The number of halogens is 1. The van der Waals surface area contributed by atoms with Crippen LogP contribution in [0.3, 0.4) is 0 Å². The number of benzene rings is 1. The van der Waals surface area contributed by atoms with Crippen LogP contribution < -0.4 is 5.32 Å². The molecule has 1 aromatic carbocycles. The molecule has 4 heteroatoms. The summed E-state index contributed by atoms with van der Waals surface area (Å²) >= 11 is 5.76. The number of amides is 1. The summed E-state index contributed by atoms with van der Waals surface area (Å²) in [6.45, 7) is 2.47. The van der Waals surface area contributed by atoms with E-state index in [9.17, 15) is 4.79 Å². The molecular weight excluding hydrogens is 260 g/mol. The lowest BCUT2D eigenvalue weighted by atomic mass is 10.1. The molecule has 0 atom stereocenters. The molecule has 2 rings (SSSR count). The van der Waals surface area contributed by atoms with Crippen molar-refractivity contribution >= 4 is 17.5 Å². The third kappa shape index (κ3) is 3.55. The lowest BCUT2D eigenvalue weighted by Gasteiger charge is -2.08. The quantitative estimate of drug-likeness (QED) is 0.871. The number of nitrogens with zero attached hydrogens (tertiary/aromatic N) is 1. The maximum Gasteiger partial charge on any atom is 0.251 e. The Labute approximate surface area is 117 Å². The van der Waals surface area contributed by atoms with Gasteiger partial charge in [-0.3, -0.25) is 9.78 Å². The predicted octanol–water partition coefficient (Wildman–Crippen LogP) is 3.06. The SMILES string of the molecule is Cc1ccncc1CNC(=O)c1cccc(CCl)c1. The van der Waals surface area contributed by atoms with Crippen molar-refractivity contribution in [1.29, 1.82) is 0 Å². The maximum absolute atomic E-state index is 12.0. The zero-order chi connectivity index (χ0) is 13.7. The van der Waals surface area contributed by atoms with Gasteiger partial charge in [-0.2, -0.15) is 0 Å². The minimum absolute atomic E-state index is 0.102. The van der Waals surface area contributed by atoms with E-state index in [-0.39, 0.29) is 5.91 Å². The van der Waals surface area contributed by atoms with Gasteiger partial charge in [-0.15, -0.1) is 11.6 Å². The van der Waals surface area contributed by atoms with Crippen molar-refractivity contribution < 1.29 is 4.79 Å². The second-order valence-corrected chi connectivity index (χ2v) is 4.59. The van der Waals surface area contributed by atoms with Gasteiger partial charge in [0, 0.05) is 30.4 Å². The first-order valence-electron chi connectivity index (χ1n) is 6.03.